The fourth-order valence-electron chi connectivity index (χ4n) is 2.10. The van der Waals surface area contributed by atoms with Crippen LogP contribution in [0.4, 0.5) is 5.69 Å². The van der Waals surface area contributed by atoms with Crippen LogP contribution in [0.1, 0.15) is 29.6 Å². The lowest BCUT2D eigenvalue weighted by Gasteiger charge is -2.22. The van der Waals surface area contributed by atoms with Crippen molar-refractivity contribution in [2.45, 2.75) is 25.4 Å². The highest BCUT2D eigenvalue weighted by molar-refractivity contribution is 5.90. The van der Waals surface area contributed by atoms with Gasteiger partial charge in [0, 0.05) is 26.4 Å². The van der Waals surface area contributed by atoms with Crippen LogP contribution >= 0.6 is 0 Å². The molecule has 0 amide bonds. The number of hydrogen-bond acceptors (Lipinski definition) is 4. The lowest BCUT2D eigenvalue weighted by Crippen LogP contribution is -2.26. The third-order valence-electron chi connectivity index (χ3n) is 3.27. The molecule has 0 radical (unpaired) electrons. The highest BCUT2D eigenvalue weighted by Crippen LogP contribution is 2.16. The molecule has 0 saturated carbocycles. The zero-order valence-electron chi connectivity index (χ0n) is 11.6. The van der Waals surface area contributed by atoms with Crippen LogP contribution < -0.4 is 4.90 Å². The van der Waals surface area contributed by atoms with Gasteiger partial charge in [-0.2, -0.15) is 0 Å². The van der Waals surface area contributed by atoms with Crippen LogP contribution in [0.3, 0.4) is 0 Å². The third kappa shape index (κ3) is 3.96. The van der Waals surface area contributed by atoms with Crippen molar-refractivity contribution in [2.24, 2.45) is 0 Å². The highest BCUT2D eigenvalue weighted by atomic mass is 16.6. The molecule has 0 aliphatic carbocycles. The standard InChI is InChI=1S/C15H21NO3/c1-16(2)13-7-5-6-12(10-13)15(17)19-11-14-8-3-4-9-18-14/h5-7,10,14H,3-4,8-9,11H2,1-2H3. The Hall–Kier alpha value is -1.55. The second-order valence-electron chi connectivity index (χ2n) is 5.03. The summed E-state index contributed by atoms with van der Waals surface area (Å²) in [5.74, 6) is -0.280. The van der Waals surface area contributed by atoms with Crippen LogP contribution in [0, 0.1) is 0 Å². The Morgan fingerprint density at radius 2 is 2.26 bits per heavy atom. The number of ether oxygens (including phenoxy) is 2. The minimum absolute atomic E-state index is 0.0646. The Balaban J connectivity index is 1.90. The summed E-state index contributed by atoms with van der Waals surface area (Å²) in [4.78, 5) is 13.9. The van der Waals surface area contributed by atoms with Gasteiger partial charge in [-0.1, -0.05) is 6.07 Å². The van der Waals surface area contributed by atoms with Crippen molar-refractivity contribution in [3.63, 3.8) is 0 Å². The fourth-order valence-corrected chi connectivity index (χ4v) is 2.10. The predicted molar refractivity (Wildman–Crippen MR) is 74.6 cm³/mol. The number of benzene rings is 1. The Morgan fingerprint density at radius 1 is 1.42 bits per heavy atom. The lowest BCUT2D eigenvalue weighted by molar-refractivity contribution is -0.0300. The van der Waals surface area contributed by atoms with Gasteiger partial charge in [0.1, 0.15) is 6.61 Å². The van der Waals surface area contributed by atoms with Crippen LogP contribution in [0.15, 0.2) is 24.3 Å². The van der Waals surface area contributed by atoms with Crippen molar-refractivity contribution >= 4 is 11.7 Å². The molecule has 19 heavy (non-hydrogen) atoms. The predicted octanol–water partition coefficient (Wildman–Crippen LogP) is 2.48. The van der Waals surface area contributed by atoms with Crippen molar-refractivity contribution in [1.82, 2.24) is 0 Å². The first-order valence-electron chi connectivity index (χ1n) is 6.73. The second-order valence-corrected chi connectivity index (χ2v) is 5.03. The molecule has 1 atom stereocenters. The Kier molecular flexibility index (Phi) is 4.80. The molecule has 1 aromatic carbocycles. The van der Waals surface area contributed by atoms with Gasteiger partial charge >= 0.3 is 5.97 Å². The molecule has 0 aromatic heterocycles. The topological polar surface area (TPSA) is 38.8 Å². The second kappa shape index (κ2) is 6.57. The molecule has 0 spiro atoms. The summed E-state index contributed by atoms with van der Waals surface area (Å²) in [6.45, 7) is 1.13. The molecule has 1 aliphatic rings. The minimum atomic E-state index is -0.280. The van der Waals surface area contributed by atoms with Gasteiger partial charge in [0.05, 0.1) is 11.7 Å². The van der Waals surface area contributed by atoms with Gasteiger partial charge < -0.3 is 14.4 Å². The lowest BCUT2D eigenvalue weighted by atomic mass is 10.1. The quantitative estimate of drug-likeness (QED) is 0.782. The van der Waals surface area contributed by atoms with Crippen molar-refractivity contribution in [2.75, 3.05) is 32.2 Å². The fraction of sp³-hybridized carbons (Fsp3) is 0.533. The molecule has 1 unspecified atom stereocenters. The molecule has 4 heteroatoms. The molecule has 2 rings (SSSR count). The minimum Gasteiger partial charge on any atom is -0.459 e. The first-order chi connectivity index (χ1) is 9.16. The van der Waals surface area contributed by atoms with E-state index in [9.17, 15) is 4.79 Å². The van der Waals surface area contributed by atoms with E-state index in [4.69, 9.17) is 9.47 Å². The van der Waals surface area contributed by atoms with Crippen LogP contribution in [-0.2, 0) is 9.47 Å². The van der Waals surface area contributed by atoms with Crippen molar-refractivity contribution in [3.8, 4) is 0 Å². The van der Waals surface area contributed by atoms with E-state index in [0.717, 1.165) is 31.6 Å². The van der Waals surface area contributed by atoms with Crippen LogP contribution in [0.5, 0.6) is 0 Å². The number of anilines is 1. The summed E-state index contributed by atoms with van der Waals surface area (Å²) >= 11 is 0. The number of carbonyl (C=O) groups excluding carboxylic acids is 1. The molecule has 0 N–H and O–H groups in total. The van der Waals surface area contributed by atoms with Gasteiger partial charge in [-0.15, -0.1) is 0 Å². The first kappa shape index (κ1) is 13.9. The molecule has 1 saturated heterocycles. The SMILES string of the molecule is CN(C)c1cccc(C(=O)OCC2CCCCO2)c1. The van der Waals surface area contributed by atoms with Crippen LogP contribution in [0.25, 0.3) is 0 Å². The van der Waals surface area contributed by atoms with Gasteiger partial charge in [-0.3, -0.25) is 0 Å². The first-order valence-corrected chi connectivity index (χ1v) is 6.73. The maximum Gasteiger partial charge on any atom is 0.338 e. The highest BCUT2D eigenvalue weighted by Gasteiger charge is 2.17. The van der Waals surface area contributed by atoms with Gasteiger partial charge in [0.2, 0.25) is 0 Å². The summed E-state index contributed by atoms with van der Waals surface area (Å²) in [7, 11) is 3.89. The molecule has 1 heterocycles. The van der Waals surface area contributed by atoms with E-state index in [1.807, 2.05) is 37.2 Å². The summed E-state index contributed by atoms with van der Waals surface area (Å²) in [5.41, 5.74) is 1.57. The number of esters is 1. The smallest absolute Gasteiger partial charge is 0.338 e. The molecule has 4 nitrogen and oxygen atoms in total. The van der Waals surface area contributed by atoms with Crippen molar-refractivity contribution in [3.05, 3.63) is 29.8 Å². The number of rotatable bonds is 4. The monoisotopic (exact) mass is 263 g/mol. The van der Waals surface area contributed by atoms with E-state index in [0.29, 0.717) is 12.2 Å². The Morgan fingerprint density at radius 3 is 2.95 bits per heavy atom. The van der Waals surface area contributed by atoms with E-state index in [1.165, 1.54) is 0 Å². The summed E-state index contributed by atoms with van der Waals surface area (Å²) in [6, 6.07) is 7.44. The summed E-state index contributed by atoms with van der Waals surface area (Å²) < 4.78 is 10.9. The van der Waals surface area contributed by atoms with E-state index < -0.39 is 0 Å². The van der Waals surface area contributed by atoms with E-state index in [-0.39, 0.29) is 12.1 Å². The number of hydrogen-bond donors (Lipinski definition) is 0. The van der Waals surface area contributed by atoms with Crippen molar-refractivity contribution < 1.29 is 14.3 Å². The molecule has 1 aliphatic heterocycles. The third-order valence-corrected chi connectivity index (χ3v) is 3.27. The summed E-state index contributed by atoms with van der Waals surface area (Å²) in [5, 5.41) is 0. The number of carbonyl (C=O) groups is 1. The van der Waals surface area contributed by atoms with Gasteiger partial charge in [0.15, 0.2) is 0 Å². The maximum atomic E-state index is 12.0. The van der Waals surface area contributed by atoms with E-state index in [1.54, 1.807) is 6.07 Å². The molecular weight excluding hydrogens is 242 g/mol. The van der Waals surface area contributed by atoms with Gasteiger partial charge in [-0.05, 0) is 37.5 Å². The van der Waals surface area contributed by atoms with Gasteiger partial charge in [0.25, 0.3) is 0 Å². The normalized spacial score (nSPS) is 18.9. The Labute approximate surface area is 114 Å². The molecular formula is C15H21NO3. The maximum absolute atomic E-state index is 12.0. The van der Waals surface area contributed by atoms with Crippen LogP contribution in [0.2, 0.25) is 0 Å². The number of nitrogens with zero attached hydrogens (tertiary/aromatic N) is 1. The molecule has 104 valence electrons. The summed E-state index contributed by atoms with van der Waals surface area (Å²) in [6.07, 6.45) is 3.30. The zero-order chi connectivity index (χ0) is 13.7. The zero-order valence-corrected chi connectivity index (χ0v) is 11.6. The van der Waals surface area contributed by atoms with E-state index >= 15 is 0 Å². The van der Waals surface area contributed by atoms with E-state index in [2.05, 4.69) is 0 Å². The average Bonchev–Trinajstić information content (AvgIpc) is 2.46. The molecule has 1 fully saturated rings. The van der Waals surface area contributed by atoms with Gasteiger partial charge in [-0.25, -0.2) is 4.79 Å². The molecule has 0 bridgehead atoms. The molecule has 1 aromatic rings. The average molecular weight is 263 g/mol. The van der Waals surface area contributed by atoms with Crippen molar-refractivity contribution in [1.29, 1.82) is 0 Å². The Bertz CT molecular complexity index is 425. The largest absolute Gasteiger partial charge is 0.459 e. The van der Waals surface area contributed by atoms with Crippen LogP contribution in [-0.4, -0.2) is 39.4 Å².